The summed E-state index contributed by atoms with van der Waals surface area (Å²) in [7, 11) is 0. The van der Waals surface area contributed by atoms with E-state index in [1.807, 2.05) is 18.2 Å². The van der Waals surface area contributed by atoms with Gasteiger partial charge in [0.2, 0.25) is 0 Å². The van der Waals surface area contributed by atoms with Gasteiger partial charge in [-0.2, -0.15) is 0 Å². The highest BCUT2D eigenvalue weighted by molar-refractivity contribution is 14.1. The number of hydrogen-bond acceptors (Lipinski definition) is 3. The molecule has 0 saturated carbocycles. The van der Waals surface area contributed by atoms with Gasteiger partial charge in [0, 0.05) is 31.5 Å². The van der Waals surface area contributed by atoms with Gasteiger partial charge in [0.15, 0.2) is 0 Å². The molecule has 1 aliphatic heterocycles. The lowest BCUT2D eigenvalue weighted by atomic mass is 10.0. The predicted molar refractivity (Wildman–Crippen MR) is 90.2 cm³/mol. The van der Waals surface area contributed by atoms with E-state index >= 15 is 0 Å². The Labute approximate surface area is 135 Å². The molecule has 0 aliphatic carbocycles. The third-order valence-corrected chi connectivity index (χ3v) is 4.17. The van der Waals surface area contributed by atoms with E-state index in [2.05, 4.69) is 27.9 Å². The average Bonchev–Trinajstić information content (AvgIpc) is 2.75. The molecule has 0 unspecified atom stereocenters. The van der Waals surface area contributed by atoms with Crippen molar-refractivity contribution in [3.05, 3.63) is 50.6 Å². The second-order valence-corrected chi connectivity index (χ2v) is 6.10. The number of halogens is 1. The van der Waals surface area contributed by atoms with Crippen molar-refractivity contribution >= 4 is 45.8 Å². The van der Waals surface area contributed by atoms with Gasteiger partial charge >= 0.3 is 0 Å². The van der Waals surface area contributed by atoms with Crippen LogP contribution in [0, 0.1) is 10.5 Å². The van der Waals surface area contributed by atoms with Crippen LogP contribution in [0.4, 0.5) is 5.69 Å². The van der Waals surface area contributed by atoms with Gasteiger partial charge in [0.25, 0.3) is 5.91 Å². The van der Waals surface area contributed by atoms with E-state index in [4.69, 9.17) is 0 Å². The number of carbonyl (C=O) groups is 1. The number of amides is 1. The molecule has 1 amide bonds. The number of anilines is 1. The topological polar surface area (TPSA) is 69.6 Å². The molecule has 1 aliphatic rings. The number of carbonyl (C=O) groups excluding carboxylic acids is 1. The zero-order chi connectivity index (χ0) is 15.1. The Morgan fingerprint density at radius 1 is 1.19 bits per heavy atom. The summed E-state index contributed by atoms with van der Waals surface area (Å²) in [5.41, 5.74) is 2.98. The number of benzene rings is 2. The van der Waals surface area contributed by atoms with Crippen LogP contribution < -0.4 is 5.32 Å². The molecule has 5 heteroatoms. The van der Waals surface area contributed by atoms with Crippen LogP contribution >= 0.6 is 22.6 Å². The highest BCUT2D eigenvalue weighted by Crippen LogP contribution is 2.37. The monoisotopic (exact) mass is 393 g/mol. The van der Waals surface area contributed by atoms with E-state index in [1.54, 1.807) is 19.1 Å². The Morgan fingerprint density at radius 2 is 1.95 bits per heavy atom. The van der Waals surface area contributed by atoms with Gasteiger partial charge in [-0.05, 0) is 65.9 Å². The zero-order valence-electron chi connectivity index (χ0n) is 11.1. The number of fused-ring (bicyclic) bond motifs is 1. The number of phenols is 2. The summed E-state index contributed by atoms with van der Waals surface area (Å²) in [5.74, 6) is -0.188. The van der Waals surface area contributed by atoms with E-state index in [-0.39, 0.29) is 17.4 Å². The smallest absolute Gasteiger partial charge is 0.256 e. The Morgan fingerprint density at radius 3 is 2.71 bits per heavy atom. The van der Waals surface area contributed by atoms with E-state index in [0.717, 1.165) is 14.8 Å². The molecule has 0 atom stereocenters. The summed E-state index contributed by atoms with van der Waals surface area (Å²) in [6, 6.07) is 8.79. The average molecular weight is 393 g/mol. The molecule has 3 N–H and O–H groups in total. The van der Waals surface area contributed by atoms with Crippen molar-refractivity contribution in [1.29, 1.82) is 0 Å². The molecule has 0 spiro atoms. The lowest BCUT2D eigenvalue weighted by Crippen LogP contribution is -2.03. The van der Waals surface area contributed by atoms with Crippen molar-refractivity contribution in [3.63, 3.8) is 0 Å². The summed E-state index contributed by atoms with van der Waals surface area (Å²) in [6.07, 6.45) is 1.64. The first kappa shape index (κ1) is 13.9. The molecule has 3 rings (SSSR count). The quantitative estimate of drug-likeness (QED) is 0.513. The van der Waals surface area contributed by atoms with Crippen LogP contribution in [-0.4, -0.2) is 16.1 Å². The van der Waals surface area contributed by atoms with E-state index in [9.17, 15) is 15.0 Å². The van der Waals surface area contributed by atoms with Crippen LogP contribution in [0.2, 0.25) is 0 Å². The zero-order valence-corrected chi connectivity index (χ0v) is 13.3. The summed E-state index contributed by atoms with van der Waals surface area (Å²) in [6.45, 7) is 1.62. The Balaban J connectivity index is 2.15. The van der Waals surface area contributed by atoms with Crippen molar-refractivity contribution in [2.75, 3.05) is 5.32 Å². The van der Waals surface area contributed by atoms with Crippen LogP contribution in [0.5, 0.6) is 11.5 Å². The molecule has 0 fully saturated rings. The first-order valence-corrected chi connectivity index (χ1v) is 7.40. The number of nitrogens with one attached hydrogen (secondary N) is 1. The van der Waals surface area contributed by atoms with Crippen molar-refractivity contribution in [3.8, 4) is 11.5 Å². The molecule has 0 bridgehead atoms. The molecule has 0 radical (unpaired) electrons. The van der Waals surface area contributed by atoms with Crippen LogP contribution in [0.25, 0.3) is 11.6 Å². The van der Waals surface area contributed by atoms with Gasteiger partial charge in [0.1, 0.15) is 11.5 Å². The third-order valence-electron chi connectivity index (χ3n) is 3.50. The molecule has 106 valence electrons. The summed E-state index contributed by atoms with van der Waals surface area (Å²) in [5, 5.41) is 22.5. The molecule has 21 heavy (non-hydrogen) atoms. The number of phenolic OH excluding ortho intramolecular Hbond substituents is 2. The van der Waals surface area contributed by atoms with Gasteiger partial charge < -0.3 is 15.5 Å². The lowest BCUT2D eigenvalue weighted by molar-refractivity contribution is -0.110. The summed E-state index contributed by atoms with van der Waals surface area (Å²) in [4.78, 5) is 12.1. The van der Waals surface area contributed by atoms with Crippen LogP contribution in [0.1, 0.15) is 16.7 Å². The van der Waals surface area contributed by atoms with E-state index in [0.29, 0.717) is 16.7 Å². The van der Waals surface area contributed by atoms with Crippen molar-refractivity contribution in [1.82, 2.24) is 0 Å². The first-order chi connectivity index (χ1) is 9.97. The normalized spacial score (nSPS) is 15.1. The largest absolute Gasteiger partial charge is 0.508 e. The van der Waals surface area contributed by atoms with Gasteiger partial charge in [0.05, 0.1) is 0 Å². The fourth-order valence-electron chi connectivity index (χ4n) is 2.29. The second-order valence-electron chi connectivity index (χ2n) is 4.85. The molecular formula is C16H12INO3. The van der Waals surface area contributed by atoms with Crippen LogP contribution in [0.15, 0.2) is 30.3 Å². The highest BCUT2D eigenvalue weighted by Gasteiger charge is 2.24. The lowest BCUT2D eigenvalue weighted by Gasteiger charge is -2.06. The number of hydrogen-bond donors (Lipinski definition) is 3. The van der Waals surface area contributed by atoms with Gasteiger partial charge in [-0.1, -0.05) is 0 Å². The molecule has 0 saturated heterocycles. The third kappa shape index (κ3) is 2.37. The van der Waals surface area contributed by atoms with Crippen LogP contribution in [0.3, 0.4) is 0 Å². The van der Waals surface area contributed by atoms with E-state index in [1.165, 1.54) is 6.07 Å². The number of rotatable bonds is 1. The SMILES string of the molecule is Cc1c(O)ccc(C=C2C(=O)Nc3ccc(I)cc32)c1O. The minimum absolute atomic E-state index is 0.0191. The predicted octanol–water partition coefficient (Wildman–Crippen LogP) is 3.50. The van der Waals surface area contributed by atoms with Crippen molar-refractivity contribution < 1.29 is 15.0 Å². The second kappa shape index (κ2) is 5.07. The molecule has 2 aromatic rings. The summed E-state index contributed by atoms with van der Waals surface area (Å²) >= 11 is 2.19. The highest BCUT2D eigenvalue weighted by atomic mass is 127. The minimum Gasteiger partial charge on any atom is -0.508 e. The van der Waals surface area contributed by atoms with Gasteiger partial charge in [-0.25, -0.2) is 0 Å². The minimum atomic E-state index is -0.197. The standard InChI is InChI=1S/C16H12INO3/c1-8-14(19)5-2-9(15(8)20)6-12-11-7-10(17)3-4-13(11)18-16(12)21/h2-7,19-20H,1H3,(H,18,21). The maximum Gasteiger partial charge on any atom is 0.256 e. The Hall–Kier alpha value is -2.02. The van der Waals surface area contributed by atoms with E-state index < -0.39 is 0 Å². The first-order valence-electron chi connectivity index (χ1n) is 6.32. The fraction of sp³-hybridized carbons (Fsp3) is 0.0625. The fourth-order valence-corrected chi connectivity index (χ4v) is 2.78. The molecule has 1 heterocycles. The molecule has 4 nitrogen and oxygen atoms in total. The molecule has 2 aromatic carbocycles. The number of aromatic hydroxyl groups is 2. The molecular weight excluding hydrogens is 381 g/mol. The maximum absolute atomic E-state index is 12.1. The van der Waals surface area contributed by atoms with Gasteiger partial charge in [-0.3, -0.25) is 4.79 Å². The van der Waals surface area contributed by atoms with Crippen LogP contribution in [-0.2, 0) is 4.79 Å². The Bertz CT molecular complexity index is 796. The van der Waals surface area contributed by atoms with Gasteiger partial charge in [-0.15, -0.1) is 0 Å². The maximum atomic E-state index is 12.1. The summed E-state index contributed by atoms with van der Waals surface area (Å²) < 4.78 is 1.03. The van der Waals surface area contributed by atoms with Crippen molar-refractivity contribution in [2.24, 2.45) is 0 Å². The Kier molecular flexibility index (Phi) is 3.36. The van der Waals surface area contributed by atoms with Crippen molar-refractivity contribution in [2.45, 2.75) is 6.92 Å². The molecule has 0 aromatic heterocycles.